The molecule has 0 amide bonds. The van der Waals surface area contributed by atoms with Gasteiger partial charge in [0, 0.05) is 30.8 Å². The third kappa shape index (κ3) is 1.54. The second kappa shape index (κ2) is 3.87. The molecule has 5 heteroatoms. The van der Waals surface area contributed by atoms with E-state index in [1.807, 2.05) is 12.4 Å². The summed E-state index contributed by atoms with van der Waals surface area (Å²) in [5.74, 6) is 0. The molecule has 1 atom stereocenters. The van der Waals surface area contributed by atoms with Crippen molar-refractivity contribution in [3.8, 4) is 0 Å². The topological polar surface area (TPSA) is 62.0 Å². The molecule has 2 aliphatic rings. The van der Waals surface area contributed by atoms with Crippen LogP contribution < -0.4 is 10.6 Å². The lowest BCUT2D eigenvalue weighted by molar-refractivity contribution is 0.0549. The van der Waals surface area contributed by atoms with Crippen LogP contribution in [0.25, 0.3) is 11.0 Å². The molecule has 0 bridgehead atoms. The number of ether oxygens (including phenoxy) is 1. The van der Waals surface area contributed by atoms with Crippen LogP contribution in [0.3, 0.4) is 0 Å². The maximum Gasteiger partial charge on any atom is 0.139 e. The van der Waals surface area contributed by atoms with Crippen LogP contribution in [-0.2, 0) is 4.74 Å². The highest BCUT2D eigenvalue weighted by atomic mass is 16.5. The van der Waals surface area contributed by atoms with E-state index in [1.165, 1.54) is 5.69 Å². The zero-order valence-electron chi connectivity index (χ0n) is 11.0. The zero-order valence-corrected chi connectivity index (χ0v) is 11.0. The summed E-state index contributed by atoms with van der Waals surface area (Å²) in [6, 6.07) is 2.46. The van der Waals surface area contributed by atoms with Gasteiger partial charge in [-0.25, -0.2) is 4.98 Å². The Kier molecular flexibility index (Phi) is 2.26. The Balaban J connectivity index is 1.83. The number of aromatic nitrogens is 2. The molecular weight excluding hydrogens is 240 g/mol. The van der Waals surface area contributed by atoms with E-state index in [0.29, 0.717) is 6.04 Å². The quantitative estimate of drug-likeness (QED) is 0.678. The Hall–Kier alpha value is -1.75. The lowest BCUT2D eigenvalue weighted by Crippen LogP contribution is -2.57. The summed E-state index contributed by atoms with van der Waals surface area (Å²) in [6.45, 7) is 3.90. The molecule has 0 aliphatic carbocycles. The molecule has 3 N–H and O–H groups in total. The van der Waals surface area contributed by atoms with Gasteiger partial charge in [-0.3, -0.25) is 0 Å². The predicted octanol–water partition coefficient (Wildman–Crippen LogP) is 2.34. The number of H-pyrrole nitrogens is 1. The van der Waals surface area contributed by atoms with Crippen molar-refractivity contribution in [2.75, 3.05) is 23.8 Å². The van der Waals surface area contributed by atoms with Gasteiger partial charge in [0.15, 0.2) is 0 Å². The van der Waals surface area contributed by atoms with Gasteiger partial charge >= 0.3 is 0 Å². The summed E-state index contributed by atoms with van der Waals surface area (Å²) in [5.41, 5.74) is 3.30. The van der Waals surface area contributed by atoms with E-state index in [0.717, 1.165) is 42.8 Å². The summed E-state index contributed by atoms with van der Waals surface area (Å²) in [6.07, 6.45) is 5.92. The molecule has 2 aromatic heterocycles. The highest BCUT2D eigenvalue weighted by Gasteiger charge is 2.41. The molecule has 2 aliphatic heterocycles. The van der Waals surface area contributed by atoms with Crippen LogP contribution in [0.5, 0.6) is 0 Å². The van der Waals surface area contributed by atoms with Crippen LogP contribution in [0.15, 0.2) is 18.5 Å². The number of aromatic amines is 1. The van der Waals surface area contributed by atoms with Crippen LogP contribution in [0, 0.1) is 0 Å². The number of pyridine rings is 1. The SMILES string of the molecule is CC1Nc2cnc3[nH]ccc3c2NC12CCOCC2. The molecule has 4 rings (SSSR count). The Bertz CT molecular complexity index is 615. The van der Waals surface area contributed by atoms with Gasteiger partial charge in [0.05, 0.1) is 23.1 Å². The van der Waals surface area contributed by atoms with E-state index in [1.54, 1.807) is 0 Å². The van der Waals surface area contributed by atoms with Crippen molar-refractivity contribution >= 4 is 22.4 Å². The molecule has 0 radical (unpaired) electrons. The molecule has 1 fully saturated rings. The molecule has 1 spiro atoms. The van der Waals surface area contributed by atoms with Crippen molar-refractivity contribution < 1.29 is 4.74 Å². The largest absolute Gasteiger partial charge is 0.381 e. The number of hydrogen-bond donors (Lipinski definition) is 3. The van der Waals surface area contributed by atoms with Crippen molar-refractivity contribution in [3.63, 3.8) is 0 Å². The highest BCUT2D eigenvalue weighted by molar-refractivity contribution is 5.97. The van der Waals surface area contributed by atoms with E-state index >= 15 is 0 Å². The average Bonchev–Trinajstić information content (AvgIpc) is 2.90. The summed E-state index contributed by atoms with van der Waals surface area (Å²) >= 11 is 0. The third-order valence-corrected chi connectivity index (χ3v) is 4.55. The minimum atomic E-state index is 0.0941. The van der Waals surface area contributed by atoms with Crippen LogP contribution >= 0.6 is 0 Å². The molecule has 5 nitrogen and oxygen atoms in total. The van der Waals surface area contributed by atoms with Crippen molar-refractivity contribution in [2.45, 2.75) is 31.3 Å². The third-order valence-electron chi connectivity index (χ3n) is 4.55. The van der Waals surface area contributed by atoms with Gasteiger partial charge in [0.2, 0.25) is 0 Å². The number of fused-ring (bicyclic) bond motifs is 3. The molecule has 19 heavy (non-hydrogen) atoms. The van der Waals surface area contributed by atoms with E-state index in [-0.39, 0.29) is 5.54 Å². The smallest absolute Gasteiger partial charge is 0.139 e. The van der Waals surface area contributed by atoms with Gasteiger partial charge in [-0.05, 0) is 25.8 Å². The van der Waals surface area contributed by atoms with E-state index < -0.39 is 0 Å². The molecule has 100 valence electrons. The number of nitrogens with one attached hydrogen (secondary N) is 3. The Morgan fingerprint density at radius 2 is 2.21 bits per heavy atom. The highest BCUT2D eigenvalue weighted by Crippen LogP contribution is 2.41. The van der Waals surface area contributed by atoms with Gasteiger partial charge < -0.3 is 20.4 Å². The fraction of sp³-hybridized carbons (Fsp3) is 0.500. The first-order valence-electron chi connectivity index (χ1n) is 6.87. The van der Waals surface area contributed by atoms with Crippen LogP contribution in [0.2, 0.25) is 0 Å². The van der Waals surface area contributed by atoms with Gasteiger partial charge in [0.25, 0.3) is 0 Å². The first-order chi connectivity index (χ1) is 9.28. The lowest BCUT2D eigenvalue weighted by Gasteiger charge is -2.47. The minimum Gasteiger partial charge on any atom is -0.381 e. The van der Waals surface area contributed by atoms with Crippen molar-refractivity contribution in [1.29, 1.82) is 0 Å². The van der Waals surface area contributed by atoms with Gasteiger partial charge in [-0.1, -0.05) is 0 Å². The number of anilines is 2. The molecule has 0 saturated carbocycles. The van der Waals surface area contributed by atoms with E-state index in [9.17, 15) is 0 Å². The van der Waals surface area contributed by atoms with Gasteiger partial charge in [-0.15, -0.1) is 0 Å². The summed E-state index contributed by atoms with van der Waals surface area (Å²) in [4.78, 5) is 7.61. The van der Waals surface area contributed by atoms with E-state index in [2.05, 4.69) is 33.6 Å². The maximum atomic E-state index is 5.52. The van der Waals surface area contributed by atoms with Crippen molar-refractivity contribution in [2.24, 2.45) is 0 Å². The van der Waals surface area contributed by atoms with E-state index in [4.69, 9.17) is 4.74 Å². The second-order valence-corrected chi connectivity index (χ2v) is 5.55. The molecule has 1 unspecified atom stereocenters. The molecule has 2 aromatic rings. The Morgan fingerprint density at radius 1 is 1.37 bits per heavy atom. The van der Waals surface area contributed by atoms with Gasteiger partial charge in [-0.2, -0.15) is 0 Å². The van der Waals surface area contributed by atoms with Crippen molar-refractivity contribution in [1.82, 2.24) is 9.97 Å². The predicted molar refractivity (Wildman–Crippen MR) is 75.6 cm³/mol. The maximum absolute atomic E-state index is 5.52. The van der Waals surface area contributed by atoms with Crippen LogP contribution in [0.4, 0.5) is 11.4 Å². The summed E-state index contributed by atoms with van der Waals surface area (Å²) in [5, 5.41) is 8.55. The van der Waals surface area contributed by atoms with Crippen LogP contribution in [0.1, 0.15) is 19.8 Å². The number of nitrogens with zero attached hydrogens (tertiary/aromatic N) is 1. The number of hydrogen-bond acceptors (Lipinski definition) is 4. The molecule has 0 aromatic carbocycles. The molecule has 4 heterocycles. The summed E-state index contributed by atoms with van der Waals surface area (Å²) < 4.78 is 5.52. The standard InChI is InChI=1S/C14H18N4O/c1-9-14(3-6-19-7-4-14)18-12-10-2-5-15-13(10)16-8-11(12)17-9/h2,5,8-9,17-18H,3-4,6-7H2,1H3,(H,15,16). The fourth-order valence-electron chi connectivity index (χ4n) is 3.27. The summed E-state index contributed by atoms with van der Waals surface area (Å²) in [7, 11) is 0. The fourth-order valence-corrected chi connectivity index (χ4v) is 3.27. The Morgan fingerprint density at radius 3 is 3.05 bits per heavy atom. The molecular formula is C14H18N4O. The number of rotatable bonds is 0. The normalized spacial score (nSPS) is 24.8. The minimum absolute atomic E-state index is 0.0941. The first-order valence-corrected chi connectivity index (χ1v) is 6.87. The van der Waals surface area contributed by atoms with Gasteiger partial charge in [0.1, 0.15) is 5.65 Å². The lowest BCUT2D eigenvalue weighted by atomic mass is 9.81. The first kappa shape index (κ1) is 11.1. The van der Waals surface area contributed by atoms with Crippen molar-refractivity contribution in [3.05, 3.63) is 18.5 Å². The Labute approximate surface area is 111 Å². The molecule has 1 saturated heterocycles. The average molecular weight is 258 g/mol. The monoisotopic (exact) mass is 258 g/mol. The van der Waals surface area contributed by atoms with Crippen LogP contribution in [-0.4, -0.2) is 34.8 Å². The second-order valence-electron chi connectivity index (χ2n) is 5.55. The zero-order chi connectivity index (χ0) is 12.9.